The van der Waals surface area contributed by atoms with E-state index in [-0.39, 0.29) is 24.1 Å². The van der Waals surface area contributed by atoms with Crippen LogP contribution in [0.3, 0.4) is 0 Å². The normalized spacial score (nSPS) is 24.0. The Morgan fingerprint density at radius 2 is 2.14 bits per heavy atom. The van der Waals surface area contributed by atoms with E-state index in [0.717, 1.165) is 32.5 Å². The van der Waals surface area contributed by atoms with Crippen LogP contribution in [0.25, 0.3) is 0 Å². The summed E-state index contributed by atoms with van der Waals surface area (Å²) in [6.07, 6.45) is 2.35. The van der Waals surface area contributed by atoms with Gasteiger partial charge in [0.05, 0.1) is 0 Å². The largest absolute Gasteiger partial charge is 0.444 e. The average Bonchev–Trinajstić information content (AvgIpc) is 2.98. The van der Waals surface area contributed by atoms with Crippen LogP contribution >= 0.6 is 0 Å². The highest BCUT2D eigenvalue weighted by Crippen LogP contribution is 2.16. The third kappa shape index (κ3) is 4.87. The number of hydrogen-bond acceptors (Lipinski definition) is 4. The molecule has 2 fully saturated rings. The van der Waals surface area contributed by atoms with Gasteiger partial charge in [-0.2, -0.15) is 0 Å². The van der Waals surface area contributed by atoms with Crippen molar-refractivity contribution in [1.29, 1.82) is 0 Å². The minimum absolute atomic E-state index is 0.237. The summed E-state index contributed by atoms with van der Waals surface area (Å²) >= 11 is 0. The summed E-state index contributed by atoms with van der Waals surface area (Å²) in [6.45, 7) is 10.8. The Morgan fingerprint density at radius 3 is 2.73 bits per heavy atom. The molecule has 0 spiro atoms. The molecular weight excluding hydrogens is 282 g/mol. The Labute approximate surface area is 133 Å². The van der Waals surface area contributed by atoms with E-state index >= 15 is 0 Å². The lowest BCUT2D eigenvalue weighted by atomic mass is 10.2. The van der Waals surface area contributed by atoms with Crippen LogP contribution in [-0.4, -0.2) is 65.7 Å². The van der Waals surface area contributed by atoms with Crippen molar-refractivity contribution in [3.05, 3.63) is 0 Å². The zero-order chi connectivity index (χ0) is 16.3. The molecule has 126 valence electrons. The van der Waals surface area contributed by atoms with Crippen LogP contribution in [0.15, 0.2) is 0 Å². The number of likely N-dealkylation sites (tertiary alicyclic amines) is 2. The molecule has 2 atom stereocenters. The summed E-state index contributed by atoms with van der Waals surface area (Å²) in [5.41, 5.74) is -0.452. The molecule has 0 aromatic heterocycles. The van der Waals surface area contributed by atoms with E-state index in [0.29, 0.717) is 13.0 Å². The van der Waals surface area contributed by atoms with Gasteiger partial charge in [-0.25, -0.2) is 4.79 Å². The maximum Gasteiger partial charge on any atom is 0.410 e. The summed E-state index contributed by atoms with van der Waals surface area (Å²) < 4.78 is 5.40. The zero-order valence-electron chi connectivity index (χ0n) is 14.2. The number of hydrogen-bond donors (Lipinski definition) is 1. The molecule has 0 bridgehead atoms. The first kappa shape index (κ1) is 17.1. The topological polar surface area (TPSA) is 61.9 Å². The highest BCUT2D eigenvalue weighted by atomic mass is 16.6. The predicted octanol–water partition coefficient (Wildman–Crippen LogP) is 1.60. The molecule has 2 saturated heterocycles. The average molecular weight is 311 g/mol. The molecule has 0 saturated carbocycles. The van der Waals surface area contributed by atoms with E-state index in [9.17, 15) is 9.59 Å². The van der Waals surface area contributed by atoms with Crippen LogP contribution in [0.2, 0.25) is 0 Å². The highest BCUT2D eigenvalue weighted by Gasteiger charge is 2.31. The van der Waals surface area contributed by atoms with Gasteiger partial charge in [0.15, 0.2) is 0 Å². The van der Waals surface area contributed by atoms with Gasteiger partial charge >= 0.3 is 6.09 Å². The molecule has 0 aliphatic carbocycles. The van der Waals surface area contributed by atoms with Crippen molar-refractivity contribution < 1.29 is 14.3 Å². The Hall–Kier alpha value is -1.30. The highest BCUT2D eigenvalue weighted by molar-refractivity contribution is 5.78. The summed E-state index contributed by atoms with van der Waals surface area (Å²) in [7, 11) is 0. The van der Waals surface area contributed by atoms with Crippen molar-refractivity contribution in [2.75, 3.05) is 26.2 Å². The zero-order valence-corrected chi connectivity index (χ0v) is 14.2. The molecule has 0 radical (unpaired) electrons. The molecule has 1 N–H and O–H groups in total. The van der Waals surface area contributed by atoms with Crippen molar-refractivity contribution >= 4 is 12.0 Å². The third-order valence-corrected chi connectivity index (χ3v) is 4.03. The Balaban J connectivity index is 1.73. The number of carbonyl (C=O) groups is 2. The van der Waals surface area contributed by atoms with Crippen LogP contribution in [0.1, 0.15) is 47.0 Å². The van der Waals surface area contributed by atoms with Crippen LogP contribution in [0, 0.1) is 0 Å². The van der Waals surface area contributed by atoms with Gasteiger partial charge < -0.3 is 19.9 Å². The molecule has 2 amide bonds. The van der Waals surface area contributed by atoms with Gasteiger partial charge in [-0.3, -0.25) is 4.79 Å². The van der Waals surface area contributed by atoms with Gasteiger partial charge in [-0.05, 0) is 40.5 Å². The van der Waals surface area contributed by atoms with E-state index in [1.807, 2.05) is 25.7 Å². The van der Waals surface area contributed by atoms with Gasteiger partial charge in [0.25, 0.3) is 0 Å². The van der Waals surface area contributed by atoms with Crippen molar-refractivity contribution in [2.24, 2.45) is 0 Å². The van der Waals surface area contributed by atoms with Crippen molar-refractivity contribution in [1.82, 2.24) is 15.1 Å². The smallest absolute Gasteiger partial charge is 0.410 e. The van der Waals surface area contributed by atoms with E-state index in [4.69, 9.17) is 4.74 Å². The first-order chi connectivity index (χ1) is 10.2. The number of rotatable bonds is 4. The van der Waals surface area contributed by atoms with Gasteiger partial charge in [-0.1, -0.05) is 0 Å². The van der Waals surface area contributed by atoms with Gasteiger partial charge in [0.2, 0.25) is 5.91 Å². The molecule has 0 aromatic carbocycles. The van der Waals surface area contributed by atoms with Gasteiger partial charge in [0, 0.05) is 44.7 Å². The third-order valence-electron chi connectivity index (χ3n) is 4.03. The lowest BCUT2D eigenvalue weighted by molar-refractivity contribution is -0.127. The molecule has 6 heteroatoms. The summed E-state index contributed by atoms with van der Waals surface area (Å²) in [5.74, 6) is 0.260. The molecule has 2 aliphatic heterocycles. The van der Waals surface area contributed by atoms with Crippen molar-refractivity contribution in [3.63, 3.8) is 0 Å². The Kier molecular flexibility index (Phi) is 5.32. The molecule has 2 rings (SSSR count). The lowest BCUT2D eigenvalue weighted by Crippen LogP contribution is -2.46. The minimum atomic E-state index is -0.452. The SMILES string of the molecule is CC(CN1CCCC1=O)NC1CCN(C(=O)OC(C)(C)C)C1. The monoisotopic (exact) mass is 311 g/mol. The number of carbonyl (C=O) groups excluding carboxylic acids is 2. The number of nitrogens with one attached hydrogen (secondary N) is 1. The Morgan fingerprint density at radius 1 is 1.41 bits per heavy atom. The van der Waals surface area contributed by atoms with Crippen molar-refractivity contribution in [2.45, 2.75) is 64.6 Å². The van der Waals surface area contributed by atoms with E-state index in [2.05, 4.69) is 12.2 Å². The van der Waals surface area contributed by atoms with E-state index in [1.165, 1.54) is 0 Å². The molecule has 0 aromatic rings. The second-order valence-electron chi connectivity index (χ2n) is 7.42. The molecule has 6 nitrogen and oxygen atoms in total. The quantitative estimate of drug-likeness (QED) is 0.856. The first-order valence-corrected chi connectivity index (χ1v) is 8.26. The molecule has 2 aliphatic rings. The Bertz CT molecular complexity index is 419. The van der Waals surface area contributed by atoms with E-state index in [1.54, 1.807) is 4.90 Å². The molecular formula is C16H29N3O3. The molecule has 22 heavy (non-hydrogen) atoms. The minimum Gasteiger partial charge on any atom is -0.444 e. The van der Waals surface area contributed by atoms with Crippen LogP contribution in [0.4, 0.5) is 4.79 Å². The van der Waals surface area contributed by atoms with E-state index < -0.39 is 5.60 Å². The van der Waals surface area contributed by atoms with Crippen molar-refractivity contribution in [3.8, 4) is 0 Å². The first-order valence-electron chi connectivity index (χ1n) is 8.26. The van der Waals surface area contributed by atoms with Crippen LogP contribution in [0.5, 0.6) is 0 Å². The fraction of sp³-hybridized carbons (Fsp3) is 0.875. The molecule has 2 unspecified atom stereocenters. The fourth-order valence-corrected chi connectivity index (χ4v) is 3.07. The number of ether oxygens (including phenoxy) is 1. The second kappa shape index (κ2) is 6.86. The summed E-state index contributed by atoms with van der Waals surface area (Å²) in [5, 5.41) is 3.53. The van der Waals surface area contributed by atoms with Crippen LogP contribution in [-0.2, 0) is 9.53 Å². The van der Waals surface area contributed by atoms with Gasteiger partial charge in [-0.15, -0.1) is 0 Å². The van der Waals surface area contributed by atoms with Crippen LogP contribution < -0.4 is 5.32 Å². The number of amides is 2. The lowest BCUT2D eigenvalue weighted by Gasteiger charge is -2.26. The summed E-state index contributed by atoms with van der Waals surface area (Å²) in [4.78, 5) is 27.4. The summed E-state index contributed by atoms with van der Waals surface area (Å²) in [6, 6.07) is 0.519. The maximum absolute atomic E-state index is 12.0. The predicted molar refractivity (Wildman–Crippen MR) is 84.6 cm³/mol. The molecule has 2 heterocycles. The second-order valence-corrected chi connectivity index (χ2v) is 7.42. The van der Waals surface area contributed by atoms with Gasteiger partial charge in [0.1, 0.15) is 5.60 Å². The maximum atomic E-state index is 12.0. The standard InChI is InChI=1S/C16H29N3O3/c1-12(10-18-8-5-6-14(18)20)17-13-7-9-19(11-13)15(21)22-16(2,3)4/h12-13,17H,5-11H2,1-4H3. The number of nitrogens with zero attached hydrogens (tertiary/aromatic N) is 2. The fourth-order valence-electron chi connectivity index (χ4n) is 3.07.